The van der Waals surface area contributed by atoms with Gasteiger partial charge in [0.25, 0.3) is 6.43 Å². The summed E-state index contributed by atoms with van der Waals surface area (Å²) in [5.41, 5.74) is 0.129. The standard InChI is InChI=1S/C9H3Cl3F2N2/c10-3-1-2-4(11)6-5(3)7(12)16-9(15-6)8(13)14/h1-2,8H. The van der Waals surface area contributed by atoms with Gasteiger partial charge < -0.3 is 0 Å². The Morgan fingerprint density at radius 3 is 2.25 bits per heavy atom. The fraction of sp³-hybridized carbons (Fsp3) is 0.111. The number of aromatic nitrogens is 2. The third-order valence-electron chi connectivity index (χ3n) is 1.92. The molecule has 1 aromatic carbocycles. The summed E-state index contributed by atoms with van der Waals surface area (Å²) in [6.45, 7) is 0. The van der Waals surface area contributed by atoms with Crippen molar-refractivity contribution < 1.29 is 8.78 Å². The molecule has 2 rings (SSSR count). The lowest BCUT2D eigenvalue weighted by Crippen LogP contribution is -1.97. The maximum atomic E-state index is 12.4. The number of alkyl halides is 2. The van der Waals surface area contributed by atoms with Gasteiger partial charge in [-0.15, -0.1) is 0 Å². The predicted octanol–water partition coefficient (Wildman–Crippen LogP) is 4.53. The molecule has 0 saturated carbocycles. The van der Waals surface area contributed by atoms with Gasteiger partial charge in [0.05, 0.1) is 20.9 Å². The highest BCUT2D eigenvalue weighted by molar-refractivity contribution is 6.44. The third-order valence-corrected chi connectivity index (χ3v) is 2.81. The van der Waals surface area contributed by atoms with Crippen molar-refractivity contribution in [1.29, 1.82) is 0 Å². The van der Waals surface area contributed by atoms with Crippen LogP contribution < -0.4 is 0 Å². The van der Waals surface area contributed by atoms with Gasteiger partial charge in [0, 0.05) is 0 Å². The monoisotopic (exact) mass is 282 g/mol. The zero-order valence-corrected chi connectivity index (χ0v) is 9.78. The van der Waals surface area contributed by atoms with Crippen LogP contribution in [0.1, 0.15) is 12.2 Å². The lowest BCUT2D eigenvalue weighted by molar-refractivity contribution is 0.141. The first-order valence-corrected chi connectivity index (χ1v) is 5.23. The smallest absolute Gasteiger partial charge is 0.226 e. The van der Waals surface area contributed by atoms with E-state index in [2.05, 4.69) is 9.97 Å². The second-order valence-corrected chi connectivity index (χ2v) is 4.10. The van der Waals surface area contributed by atoms with Gasteiger partial charge >= 0.3 is 0 Å². The highest BCUT2D eigenvalue weighted by atomic mass is 35.5. The predicted molar refractivity (Wildman–Crippen MR) is 59.5 cm³/mol. The zero-order valence-electron chi connectivity index (χ0n) is 7.52. The molecule has 0 N–H and O–H groups in total. The van der Waals surface area contributed by atoms with Gasteiger partial charge in [0.2, 0.25) is 0 Å². The summed E-state index contributed by atoms with van der Waals surface area (Å²) in [5.74, 6) is -0.665. The summed E-state index contributed by atoms with van der Waals surface area (Å²) in [4.78, 5) is 7.10. The Morgan fingerprint density at radius 1 is 1.00 bits per heavy atom. The number of rotatable bonds is 1. The molecule has 1 aromatic heterocycles. The SMILES string of the molecule is FC(F)c1nc(Cl)c2c(Cl)ccc(Cl)c2n1. The molecule has 0 spiro atoms. The van der Waals surface area contributed by atoms with Gasteiger partial charge in [-0.2, -0.15) is 0 Å². The maximum Gasteiger partial charge on any atom is 0.297 e. The molecule has 0 fully saturated rings. The van der Waals surface area contributed by atoms with Crippen LogP contribution in [-0.2, 0) is 0 Å². The molecule has 0 atom stereocenters. The molecule has 0 unspecified atom stereocenters. The molecule has 7 heteroatoms. The summed E-state index contributed by atoms with van der Waals surface area (Å²) in [5, 5.41) is 0.615. The van der Waals surface area contributed by atoms with Gasteiger partial charge in [-0.05, 0) is 12.1 Å². The molecule has 0 radical (unpaired) electrons. The normalized spacial score (nSPS) is 11.4. The van der Waals surface area contributed by atoms with Crippen LogP contribution in [0.3, 0.4) is 0 Å². The number of hydrogen-bond acceptors (Lipinski definition) is 2. The molecule has 0 aliphatic carbocycles. The molecular formula is C9H3Cl3F2N2. The van der Waals surface area contributed by atoms with E-state index in [0.717, 1.165) is 0 Å². The van der Waals surface area contributed by atoms with Crippen LogP contribution in [0.15, 0.2) is 12.1 Å². The minimum absolute atomic E-state index is 0.129. The van der Waals surface area contributed by atoms with E-state index in [1.165, 1.54) is 12.1 Å². The van der Waals surface area contributed by atoms with Crippen molar-refractivity contribution in [3.8, 4) is 0 Å². The molecule has 0 saturated heterocycles. The Labute approximate surface area is 104 Å². The highest BCUT2D eigenvalue weighted by Gasteiger charge is 2.17. The van der Waals surface area contributed by atoms with E-state index in [4.69, 9.17) is 34.8 Å². The Kier molecular flexibility index (Phi) is 3.15. The van der Waals surface area contributed by atoms with E-state index in [1.807, 2.05) is 0 Å². The number of hydrogen-bond donors (Lipinski definition) is 0. The Balaban J connectivity index is 2.86. The quantitative estimate of drug-likeness (QED) is 0.719. The molecule has 0 bridgehead atoms. The first kappa shape index (κ1) is 11.8. The number of halogens is 5. The zero-order chi connectivity index (χ0) is 11.9. The van der Waals surface area contributed by atoms with E-state index in [9.17, 15) is 8.78 Å². The van der Waals surface area contributed by atoms with Crippen molar-refractivity contribution in [2.24, 2.45) is 0 Å². The molecular weight excluding hydrogens is 280 g/mol. The van der Waals surface area contributed by atoms with Crippen molar-refractivity contribution in [3.05, 3.63) is 33.2 Å². The summed E-state index contributed by atoms with van der Waals surface area (Å²) in [6.07, 6.45) is -2.81. The van der Waals surface area contributed by atoms with E-state index in [0.29, 0.717) is 0 Å². The number of benzene rings is 1. The van der Waals surface area contributed by atoms with E-state index < -0.39 is 12.2 Å². The average molecular weight is 283 g/mol. The highest BCUT2D eigenvalue weighted by Crippen LogP contribution is 2.33. The Hall–Kier alpha value is -0.710. The van der Waals surface area contributed by atoms with Crippen molar-refractivity contribution in [3.63, 3.8) is 0 Å². The van der Waals surface area contributed by atoms with Crippen LogP contribution in [0, 0.1) is 0 Å². The lowest BCUT2D eigenvalue weighted by Gasteiger charge is -2.06. The second-order valence-electron chi connectivity index (χ2n) is 2.93. The van der Waals surface area contributed by atoms with Gasteiger partial charge in [0.15, 0.2) is 5.82 Å². The molecule has 2 nitrogen and oxygen atoms in total. The summed E-state index contributed by atoms with van der Waals surface area (Å²) in [6, 6.07) is 2.97. The van der Waals surface area contributed by atoms with Crippen LogP contribution in [0.25, 0.3) is 10.9 Å². The molecule has 1 heterocycles. The lowest BCUT2D eigenvalue weighted by atomic mass is 10.2. The van der Waals surface area contributed by atoms with Gasteiger partial charge in [-0.25, -0.2) is 18.7 Å². The van der Waals surface area contributed by atoms with Crippen molar-refractivity contribution in [1.82, 2.24) is 9.97 Å². The van der Waals surface area contributed by atoms with Gasteiger partial charge in [-0.3, -0.25) is 0 Å². The second kappa shape index (κ2) is 4.28. The summed E-state index contributed by atoms with van der Waals surface area (Å²) in [7, 11) is 0. The minimum Gasteiger partial charge on any atom is -0.226 e. The molecule has 16 heavy (non-hydrogen) atoms. The Morgan fingerprint density at radius 2 is 1.62 bits per heavy atom. The maximum absolute atomic E-state index is 12.4. The minimum atomic E-state index is -2.81. The number of fused-ring (bicyclic) bond motifs is 1. The van der Waals surface area contributed by atoms with Crippen LogP contribution in [0.5, 0.6) is 0 Å². The molecule has 0 amide bonds. The van der Waals surface area contributed by atoms with Crippen LogP contribution in [0.4, 0.5) is 8.78 Å². The fourth-order valence-electron chi connectivity index (χ4n) is 1.24. The summed E-state index contributed by atoms with van der Waals surface area (Å²) >= 11 is 17.4. The average Bonchev–Trinajstić information content (AvgIpc) is 2.22. The molecule has 84 valence electrons. The largest absolute Gasteiger partial charge is 0.297 e. The molecule has 2 aromatic rings. The first-order chi connectivity index (χ1) is 7.50. The van der Waals surface area contributed by atoms with E-state index >= 15 is 0 Å². The van der Waals surface area contributed by atoms with Crippen LogP contribution >= 0.6 is 34.8 Å². The van der Waals surface area contributed by atoms with Gasteiger partial charge in [0.1, 0.15) is 5.15 Å². The third kappa shape index (κ3) is 1.93. The van der Waals surface area contributed by atoms with Crippen LogP contribution in [-0.4, -0.2) is 9.97 Å². The van der Waals surface area contributed by atoms with Gasteiger partial charge in [-0.1, -0.05) is 34.8 Å². The van der Waals surface area contributed by atoms with E-state index in [1.54, 1.807) is 0 Å². The van der Waals surface area contributed by atoms with Crippen molar-refractivity contribution >= 4 is 45.7 Å². The fourth-order valence-corrected chi connectivity index (χ4v) is 2.01. The number of nitrogens with zero attached hydrogens (tertiary/aromatic N) is 2. The Bertz CT molecular complexity index is 560. The topological polar surface area (TPSA) is 25.8 Å². The first-order valence-electron chi connectivity index (χ1n) is 4.10. The molecule has 0 aliphatic heterocycles. The van der Waals surface area contributed by atoms with E-state index in [-0.39, 0.29) is 26.1 Å². The van der Waals surface area contributed by atoms with Crippen molar-refractivity contribution in [2.75, 3.05) is 0 Å². The molecule has 0 aliphatic rings. The van der Waals surface area contributed by atoms with Crippen LogP contribution in [0.2, 0.25) is 15.2 Å². The van der Waals surface area contributed by atoms with Crippen molar-refractivity contribution in [2.45, 2.75) is 6.43 Å². The summed E-state index contributed by atoms with van der Waals surface area (Å²) < 4.78 is 24.9.